The molecule has 106 valence electrons. The molecule has 1 aromatic rings. The first-order valence-electron chi connectivity index (χ1n) is 6.55. The van der Waals surface area contributed by atoms with Crippen molar-refractivity contribution in [2.75, 3.05) is 13.6 Å². The van der Waals surface area contributed by atoms with E-state index in [1.165, 1.54) is 11.8 Å². The Balaban J connectivity index is 2.17. The first kappa shape index (κ1) is 14.1. The summed E-state index contributed by atoms with van der Waals surface area (Å²) in [5, 5.41) is 2.78. The lowest BCUT2D eigenvalue weighted by molar-refractivity contribution is -0.117. The Labute approximate surface area is 118 Å². The summed E-state index contributed by atoms with van der Waals surface area (Å²) in [5.74, 6) is 0.365. The molecule has 0 saturated heterocycles. The molecule has 0 heterocycles. The fourth-order valence-electron chi connectivity index (χ4n) is 1.99. The lowest BCUT2D eigenvalue weighted by Gasteiger charge is -2.15. The third kappa shape index (κ3) is 2.99. The number of nitrogens with zero attached hydrogens (tertiary/aromatic N) is 1. The molecule has 5 heteroatoms. The molecule has 0 aliphatic heterocycles. The average Bonchev–Trinajstić information content (AvgIpc) is 2.80. The van der Waals surface area contributed by atoms with E-state index in [0.29, 0.717) is 12.3 Å². The van der Waals surface area contributed by atoms with Crippen LogP contribution >= 0.6 is 0 Å². The van der Waals surface area contributed by atoms with Gasteiger partial charge in [0.2, 0.25) is 5.91 Å². The van der Waals surface area contributed by atoms with Crippen LogP contribution in [0.4, 0.5) is 4.79 Å². The fraction of sp³-hybridized carbons (Fsp3) is 0.333. The number of benzene rings is 1. The zero-order chi connectivity index (χ0) is 14.7. The Kier molecular flexibility index (Phi) is 4.08. The first-order chi connectivity index (χ1) is 9.51. The van der Waals surface area contributed by atoms with Crippen molar-refractivity contribution in [3.05, 3.63) is 35.4 Å². The first-order valence-corrected chi connectivity index (χ1v) is 6.55. The topological polar surface area (TPSA) is 58.6 Å². The van der Waals surface area contributed by atoms with Gasteiger partial charge in [0.05, 0.1) is 0 Å². The maximum atomic E-state index is 11.7. The zero-order valence-corrected chi connectivity index (χ0v) is 11.9. The molecule has 20 heavy (non-hydrogen) atoms. The van der Waals surface area contributed by atoms with Crippen molar-refractivity contribution in [1.82, 2.24) is 10.2 Å². The molecule has 1 aromatic carbocycles. The largest absolute Gasteiger partial charge is 0.414 e. The molecule has 1 N–H and O–H groups in total. The Bertz CT molecular complexity index is 578. The quantitative estimate of drug-likeness (QED) is 0.919. The van der Waals surface area contributed by atoms with Gasteiger partial charge in [-0.25, -0.2) is 4.79 Å². The number of amides is 2. The van der Waals surface area contributed by atoms with Gasteiger partial charge in [0.25, 0.3) is 0 Å². The number of ether oxygens (including phenoxy) is 1. The number of hydrogen-bond donors (Lipinski definition) is 1. The molecular formula is C15H18N2O3. The molecule has 0 aromatic heterocycles. The highest BCUT2D eigenvalue weighted by Crippen LogP contribution is 2.29. The Hall–Kier alpha value is -2.30. The van der Waals surface area contributed by atoms with Gasteiger partial charge in [0, 0.05) is 31.8 Å². The summed E-state index contributed by atoms with van der Waals surface area (Å²) in [6, 6.07) is 5.46. The van der Waals surface area contributed by atoms with Crippen LogP contribution in [-0.4, -0.2) is 30.5 Å². The van der Waals surface area contributed by atoms with Crippen molar-refractivity contribution in [3.63, 3.8) is 0 Å². The number of nitrogens with one attached hydrogen (secondary N) is 1. The number of fused-ring (bicyclic) bond motifs is 1. The van der Waals surface area contributed by atoms with Gasteiger partial charge in [-0.15, -0.1) is 0 Å². The highest BCUT2D eigenvalue weighted by atomic mass is 16.6. The van der Waals surface area contributed by atoms with Crippen molar-refractivity contribution in [1.29, 1.82) is 0 Å². The summed E-state index contributed by atoms with van der Waals surface area (Å²) in [4.78, 5) is 24.4. The SMILES string of the molecule is CCN(C)C(=O)Oc1ccc2c(c1)C(NC(C)=O)=CC2. The molecular weight excluding hydrogens is 256 g/mol. The van der Waals surface area contributed by atoms with Gasteiger partial charge in [0.15, 0.2) is 0 Å². The van der Waals surface area contributed by atoms with Gasteiger partial charge in [-0.2, -0.15) is 0 Å². The third-order valence-electron chi connectivity index (χ3n) is 3.20. The van der Waals surface area contributed by atoms with Gasteiger partial charge in [-0.3, -0.25) is 4.79 Å². The smallest absolute Gasteiger partial charge is 0.410 e. The van der Waals surface area contributed by atoms with Crippen molar-refractivity contribution in [3.8, 4) is 5.75 Å². The lowest BCUT2D eigenvalue weighted by Crippen LogP contribution is -2.29. The van der Waals surface area contributed by atoms with E-state index in [1.54, 1.807) is 19.2 Å². The molecule has 2 rings (SSSR count). The highest BCUT2D eigenvalue weighted by Gasteiger charge is 2.17. The summed E-state index contributed by atoms with van der Waals surface area (Å²) in [6.45, 7) is 3.93. The Morgan fingerprint density at radius 3 is 2.80 bits per heavy atom. The maximum absolute atomic E-state index is 11.7. The van der Waals surface area contributed by atoms with Crippen LogP contribution in [0, 0.1) is 0 Å². The molecule has 1 aliphatic carbocycles. The van der Waals surface area contributed by atoms with Crippen LogP contribution in [0.25, 0.3) is 5.70 Å². The maximum Gasteiger partial charge on any atom is 0.414 e. The molecule has 0 atom stereocenters. The van der Waals surface area contributed by atoms with Crippen LogP contribution in [0.15, 0.2) is 24.3 Å². The van der Waals surface area contributed by atoms with Crippen LogP contribution in [0.1, 0.15) is 25.0 Å². The van der Waals surface area contributed by atoms with E-state index in [4.69, 9.17) is 4.74 Å². The molecule has 0 saturated carbocycles. The van der Waals surface area contributed by atoms with Crippen LogP contribution in [0.3, 0.4) is 0 Å². The monoisotopic (exact) mass is 274 g/mol. The summed E-state index contributed by atoms with van der Waals surface area (Å²) < 4.78 is 5.29. The van der Waals surface area contributed by atoms with E-state index in [0.717, 1.165) is 23.2 Å². The molecule has 0 spiro atoms. The Morgan fingerprint density at radius 2 is 2.15 bits per heavy atom. The highest BCUT2D eigenvalue weighted by molar-refractivity contribution is 5.87. The molecule has 0 fully saturated rings. The van der Waals surface area contributed by atoms with Gasteiger partial charge in [-0.1, -0.05) is 12.1 Å². The van der Waals surface area contributed by atoms with Gasteiger partial charge in [0.1, 0.15) is 5.75 Å². The van der Waals surface area contributed by atoms with E-state index in [2.05, 4.69) is 5.32 Å². The third-order valence-corrected chi connectivity index (χ3v) is 3.20. The van der Waals surface area contributed by atoms with Crippen LogP contribution in [0.5, 0.6) is 5.75 Å². The average molecular weight is 274 g/mol. The summed E-state index contributed by atoms with van der Waals surface area (Å²) in [5.41, 5.74) is 2.79. The van der Waals surface area contributed by atoms with E-state index in [-0.39, 0.29) is 5.91 Å². The molecule has 2 amide bonds. The predicted molar refractivity (Wildman–Crippen MR) is 76.3 cm³/mol. The van der Waals surface area contributed by atoms with Gasteiger partial charge < -0.3 is 15.0 Å². The van der Waals surface area contributed by atoms with Gasteiger partial charge in [-0.05, 0) is 31.0 Å². The van der Waals surface area contributed by atoms with Crippen LogP contribution < -0.4 is 10.1 Å². The standard InChI is InChI=1S/C15H18N2O3/c1-4-17(3)15(19)20-12-7-5-11-6-8-14(13(11)9-12)16-10(2)18/h5,7-9H,4,6H2,1-3H3,(H,16,18). The van der Waals surface area contributed by atoms with Gasteiger partial charge >= 0.3 is 6.09 Å². The number of hydrogen-bond acceptors (Lipinski definition) is 3. The number of carbonyl (C=O) groups excluding carboxylic acids is 2. The summed E-state index contributed by atoms with van der Waals surface area (Å²) in [7, 11) is 1.68. The molecule has 1 aliphatic rings. The summed E-state index contributed by atoms with van der Waals surface area (Å²) in [6.07, 6.45) is 2.33. The molecule has 0 bridgehead atoms. The van der Waals surface area contributed by atoms with E-state index in [1.807, 2.05) is 19.1 Å². The molecule has 0 radical (unpaired) electrons. The van der Waals surface area contributed by atoms with Crippen molar-refractivity contribution in [2.45, 2.75) is 20.3 Å². The number of allylic oxidation sites excluding steroid dienone is 1. The molecule has 5 nitrogen and oxygen atoms in total. The second-order valence-corrected chi connectivity index (χ2v) is 4.70. The minimum absolute atomic E-state index is 0.114. The second-order valence-electron chi connectivity index (χ2n) is 4.70. The van der Waals surface area contributed by atoms with Crippen molar-refractivity contribution >= 4 is 17.7 Å². The van der Waals surface area contributed by atoms with E-state index in [9.17, 15) is 9.59 Å². The normalized spacial score (nSPS) is 12.4. The van der Waals surface area contributed by atoms with Crippen LogP contribution in [0.2, 0.25) is 0 Å². The predicted octanol–water partition coefficient (Wildman–Crippen LogP) is 2.17. The molecule has 0 unspecified atom stereocenters. The van der Waals surface area contributed by atoms with Crippen molar-refractivity contribution < 1.29 is 14.3 Å². The minimum atomic E-state index is -0.393. The van der Waals surface area contributed by atoms with E-state index >= 15 is 0 Å². The minimum Gasteiger partial charge on any atom is -0.410 e. The number of carbonyl (C=O) groups is 2. The number of rotatable bonds is 3. The summed E-state index contributed by atoms with van der Waals surface area (Å²) >= 11 is 0. The zero-order valence-electron chi connectivity index (χ0n) is 11.9. The van der Waals surface area contributed by atoms with Crippen molar-refractivity contribution in [2.24, 2.45) is 0 Å². The van der Waals surface area contributed by atoms with Crippen LogP contribution in [-0.2, 0) is 11.2 Å². The van der Waals surface area contributed by atoms with E-state index < -0.39 is 6.09 Å². The Morgan fingerprint density at radius 1 is 1.40 bits per heavy atom. The lowest BCUT2D eigenvalue weighted by atomic mass is 10.1. The second kappa shape index (κ2) is 5.77. The fourth-order valence-corrected chi connectivity index (χ4v) is 1.99.